The van der Waals surface area contributed by atoms with Crippen LogP contribution in [0.25, 0.3) is 0 Å². The maximum atomic E-state index is 5.57. The largest absolute Gasteiger partial charge is 0.384 e. The molecule has 80 valence electrons. The van der Waals surface area contributed by atoms with Crippen molar-refractivity contribution in [2.75, 3.05) is 36.9 Å². The van der Waals surface area contributed by atoms with E-state index in [9.17, 15) is 0 Å². The lowest BCUT2D eigenvalue weighted by atomic mass is 10.0. The molecule has 2 atom stereocenters. The summed E-state index contributed by atoms with van der Waals surface area (Å²) in [5, 5.41) is 0. The number of hydrogen-bond donors (Lipinski definition) is 1. The molecule has 15 heavy (non-hydrogen) atoms. The number of aromatic nitrogens is 1. The first kappa shape index (κ1) is 8.97. The van der Waals surface area contributed by atoms with Crippen LogP contribution >= 0.6 is 0 Å². The van der Waals surface area contributed by atoms with E-state index in [1.54, 1.807) is 0 Å². The molecule has 0 spiro atoms. The highest BCUT2D eigenvalue weighted by molar-refractivity contribution is 5.49. The van der Waals surface area contributed by atoms with Gasteiger partial charge in [-0.25, -0.2) is 4.98 Å². The van der Waals surface area contributed by atoms with Crippen LogP contribution < -0.4 is 10.6 Å². The van der Waals surface area contributed by atoms with E-state index in [1.807, 2.05) is 18.3 Å². The van der Waals surface area contributed by atoms with Gasteiger partial charge in [0.25, 0.3) is 0 Å². The van der Waals surface area contributed by atoms with Crippen LogP contribution in [0.15, 0.2) is 18.3 Å². The zero-order chi connectivity index (χ0) is 10.3. The molecule has 2 N–H and O–H groups in total. The van der Waals surface area contributed by atoms with Gasteiger partial charge in [-0.3, -0.25) is 0 Å². The van der Waals surface area contributed by atoms with Crippen molar-refractivity contribution in [3.05, 3.63) is 18.3 Å². The molecule has 0 bridgehead atoms. The Kier molecular flexibility index (Phi) is 2.02. The van der Waals surface area contributed by atoms with Gasteiger partial charge in [0.15, 0.2) is 0 Å². The van der Waals surface area contributed by atoms with Crippen LogP contribution in [0.1, 0.15) is 0 Å². The van der Waals surface area contributed by atoms with Gasteiger partial charge >= 0.3 is 0 Å². The molecule has 0 saturated carbocycles. The molecule has 2 aliphatic heterocycles. The van der Waals surface area contributed by atoms with Gasteiger partial charge in [-0.05, 0) is 12.1 Å². The van der Waals surface area contributed by atoms with Crippen molar-refractivity contribution < 1.29 is 4.74 Å². The lowest BCUT2D eigenvalue weighted by molar-refractivity contribution is 0.177. The molecular formula is C11H15N3O. The topological polar surface area (TPSA) is 51.4 Å². The predicted octanol–water partition coefficient (Wildman–Crippen LogP) is 0.746. The van der Waals surface area contributed by atoms with Crippen molar-refractivity contribution in [1.82, 2.24) is 4.98 Å². The van der Waals surface area contributed by atoms with Gasteiger partial charge < -0.3 is 15.4 Å². The zero-order valence-electron chi connectivity index (χ0n) is 8.60. The molecule has 0 radical (unpaired) electrons. The number of fused-ring (bicyclic) bond motifs is 1. The number of nitrogens with zero attached hydrogens (tertiary/aromatic N) is 2. The Morgan fingerprint density at radius 1 is 1.27 bits per heavy atom. The predicted molar refractivity (Wildman–Crippen MR) is 58.7 cm³/mol. The van der Waals surface area contributed by atoms with E-state index in [-0.39, 0.29) is 0 Å². The summed E-state index contributed by atoms with van der Waals surface area (Å²) in [6.07, 6.45) is 1.86. The second-order valence-corrected chi connectivity index (χ2v) is 4.40. The first-order valence-corrected chi connectivity index (χ1v) is 5.37. The fourth-order valence-electron chi connectivity index (χ4n) is 2.48. The third kappa shape index (κ3) is 1.55. The Hall–Kier alpha value is -1.29. The number of nitrogen functional groups attached to an aromatic ring is 1. The second-order valence-electron chi connectivity index (χ2n) is 4.40. The summed E-state index contributed by atoms with van der Waals surface area (Å²) in [5.74, 6) is 2.01. The minimum atomic E-state index is 0.585. The molecule has 3 rings (SSSR count). The minimum Gasteiger partial charge on any atom is -0.384 e. The van der Waals surface area contributed by atoms with Crippen LogP contribution in [-0.4, -0.2) is 31.3 Å². The van der Waals surface area contributed by atoms with E-state index in [0.29, 0.717) is 17.7 Å². The second kappa shape index (κ2) is 3.38. The van der Waals surface area contributed by atoms with Gasteiger partial charge in [-0.2, -0.15) is 0 Å². The Bertz CT molecular complexity index is 339. The molecule has 3 heterocycles. The molecule has 2 fully saturated rings. The van der Waals surface area contributed by atoms with E-state index < -0.39 is 0 Å². The SMILES string of the molecule is Nc1ccc(N2C[C@H]3COC[C@H]3C2)cn1. The third-order valence-electron chi connectivity index (χ3n) is 3.38. The molecule has 0 unspecified atom stereocenters. The Balaban J connectivity index is 1.76. The van der Waals surface area contributed by atoms with Gasteiger partial charge in [0, 0.05) is 24.9 Å². The van der Waals surface area contributed by atoms with E-state index >= 15 is 0 Å². The molecule has 0 aliphatic carbocycles. The van der Waals surface area contributed by atoms with Gasteiger partial charge in [0.1, 0.15) is 5.82 Å². The molecule has 1 aromatic rings. The van der Waals surface area contributed by atoms with E-state index in [2.05, 4.69) is 9.88 Å². The molecule has 0 aromatic carbocycles. The summed E-state index contributed by atoms with van der Waals surface area (Å²) < 4.78 is 5.45. The van der Waals surface area contributed by atoms with Crippen LogP contribution in [0.4, 0.5) is 11.5 Å². The molecule has 2 saturated heterocycles. The Morgan fingerprint density at radius 2 is 2.00 bits per heavy atom. The fraction of sp³-hybridized carbons (Fsp3) is 0.545. The van der Waals surface area contributed by atoms with Gasteiger partial charge in [-0.15, -0.1) is 0 Å². The zero-order valence-corrected chi connectivity index (χ0v) is 8.60. The van der Waals surface area contributed by atoms with E-state index in [4.69, 9.17) is 10.5 Å². The summed E-state index contributed by atoms with van der Waals surface area (Å²) in [5.41, 5.74) is 6.75. The summed E-state index contributed by atoms with van der Waals surface area (Å²) in [7, 11) is 0. The van der Waals surface area contributed by atoms with E-state index in [1.165, 1.54) is 5.69 Å². The van der Waals surface area contributed by atoms with Crippen molar-refractivity contribution >= 4 is 11.5 Å². The van der Waals surface area contributed by atoms with E-state index in [0.717, 1.165) is 26.3 Å². The summed E-state index contributed by atoms with van der Waals surface area (Å²) in [6, 6.07) is 3.91. The molecule has 4 heteroatoms. The maximum absolute atomic E-state index is 5.57. The standard InChI is InChI=1S/C11H15N3O/c12-11-2-1-10(3-13-11)14-4-8-6-15-7-9(8)5-14/h1-3,8-9H,4-7H2,(H2,12,13)/t8-,9+. The molecular weight excluding hydrogens is 190 g/mol. The van der Waals surface area contributed by atoms with Crippen molar-refractivity contribution in [1.29, 1.82) is 0 Å². The smallest absolute Gasteiger partial charge is 0.123 e. The highest BCUT2D eigenvalue weighted by Gasteiger charge is 2.37. The van der Waals surface area contributed by atoms with Crippen molar-refractivity contribution in [3.8, 4) is 0 Å². The van der Waals surface area contributed by atoms with Crippen LogP contribution in [-0.2, 0) is 4.74 Å². The van der Waals surface area contributed by atoms with Crippen LogP contribution in [0, 0.1) is 11.8 Å². The monoisotopic (exact) mass is 205 g/mol. The van der Waals surface area contributed by atoms with Gasteiger partial charge in [-0.1, -0.05) is 0 Å². The van der Waals surface area contributed by atoms with Gasteiger partial charge in [0.05, 0.1) is 25.1 Å². The van der Waals surface area contributed by atoms with Crippen LogP contribution in [0.2, 0.25) is 0 Å². The lowest BCUT2D eigenvalue weighted by Gasteiger charge is -2.19. The summed E-state index contributed by atoms with van der Waals surface area (Å²) in [6.45, 7) is 4.03. The summed E-state index contributed by atoms with van der Waals surface area (Å²) in [4.78, 5) is 6.50. The average Bonchev–Trinajstić information content (AvgIpc) is 2.78. The number of rotatable bonds is 1. The fourth-order valence-corrected chi connectivity index (χ4v) is 2.48. The highest BCUT2D eigenvalue weighted by atomic mass is 16.5. The molecule has 2 aliphatic rings. The number of ether oxygens (including phenoxy) is 1. The normalized spacial score (nSPS) is 29.5. The molecule has 1 aromatic heterocycles. The van der Waals surface area contributed by atoms with Gasteiger partial charge in [0.2, 0.25) is 0 Å². The Labute approximate surface area is 89.0 Å². The Morgan fingerprint density at radius 3 is 2.60 bits per heavy atom. The van der Waals surface area contributed by atoms with Crippen molar-refractivity contribution in [2.45, 2.75) is 0 Å². The number of hydrogen-bond acceptors (Lipinski definition) is 4. The molecule has 0 amide bonds. The number of anilines is 2. The van der Waals surface area contributed by atoms with Crippen LogP contribution in [0.5, 0.6) is 0 Å². The highest BCUT2D eigenvalue weighted by Crippen LogP contribution is 2.32. The lowest BCUT2D eigenvalue weighted by Crippen LogP contribution is -2.22. The van der Waals surface area contributed by atoms with Crippen molar-refractivity contribution in [3.63, 3.8) is 0 Å². The number of nitrogens with two attached hydrogens (primary N) is 1. The maximum Gasteiger partial charge on any atom is 0.123 e. The number of pyridine rings is 1. The minimum absolute atomic E-state index is 0.585. The summed E-state index contributed by atoms with van der Waals surface area (Å²) >= 11 is 0. The first-order chi connectivity index (χ1) is 7.33. The first-order valence-electron chi connectivity index (χ1n) is 5.37. The van der Waals surface area contributed by atoms with Crippen molar-refractivity contribution in [2.24, 2.45) is 11.8 Å². The quantitative estimate of drug-likeness (QED) is 0.735. The third-order valence-corrected chi connectivity index (χ3v) is 3.38. The molecule has 4 nitrogen and oxygen atoms in total. The van der Waals surface area contributed by atoms with Crippen LogP contribution in [0.3, 0.4) is 0 Å². The average molecular weight is 205 g/mol.